The van der Waals surface area contributed by atoms with E-state index < -0.39 is 6.43 Å². The number of aryl methyl sites for hydroxylation is 1. The van der Waals surface area contributed by atoms with Gasteiger partial charge in [0, 0.05) is 25.2 Å². The molecule has 1 amide bonds. The van der Waals surface area contributed by atoms with Crippen molar-refractivity contribution in [2.75, 3.05) is 31.1 Å². The normalized spacial score (nSPS) is 21.5. The average Bonchev–Trinajstić information content (AvgIpc) is 3.06. The molecule has 1 aromatic carbocycles. The molecule has 166 valence electrons. The molecular formula is C24H29F2N3O2. The summed E-state index contributed by atoms with van der Waals surface area (Å²) < 4.78 is 31.4. The molecule has 2 aliphatic rings. The van der Waals surface area contributed by atoms with E-state index in [0.717, 1.165) is 68.7 Å². The highest BCUT2D eigenvalue weighted by Gasteiger charge is 2.44. The summed E-state index contributed by atoms with van der Waals surface area (Å²) in [6.07, 6.45) is 3.73. The fourth-order valence-corrected chi connectivity index (χ4v) is 4.93. The first-order valence-corrected chi connectivity index (χ1v) is 11.0. The molecule has 0 bridgehead atoms. The van der Waals surface area contributed by atoms with E-state index in [4.69, 9.17) is 4.74 Å². The van der Waals surface area contributed by atoms with Gasteiger partial charge in [-0.05, 0) is 62.8 Å². The summed E-state index contributed by atoms with van der Waals surface area (Å²) in [4.78, 5) is 21.2. The number of anilines is 1. The monoisotopic (exact) mass is 429 g/mol. The van der Waals surface area contributed by atoms with Crippen LogP contribution in [0.1, 0.15) is 49.8 Å². The number of likely N-dealkylation sites (tertiary alicyclic amines) is 1. The van der Waals surface area contributed by atoms with Crippen LogP contribution < -0.4 is 9.64 Å². The number of halogens is 2. The summed E-state index contributed by atoms with van der Waals surface area (Å²) in [6.45, 7) is 4.40. The molecule has 2 aliphatic heterocycles. The van der Waals surface area contributed by atoms with E-state index in [9.17, 15) is 13.6 Å². The topological polar surface area (TPSA) is 45.7 Å². The van der Waals surface area contributed by atoms with Crippen molar-refractivity contribution in [3.05, 3.63) is 53.9 Å². The Bertz CT molecular complexity index is 906. The quantitative estimate of drug-likeness (QED) is 0.688. The van der Waals surface area contributed by atoms with Crippen LogP contribution in [-0.4, -0.2) is 47.6 Å². The number of pyridine rings is 1. The van der Waals surface area contributed by atoms with E-state index >= 15 is 0 Å². The molecule has 2 saturated heterocycles. The summed E-state index contributed by atoms with van der Waals surface area (Å²) in [5, 5.41) is 0. The molecule has 2 fully saturated rings. The van der Waals surface area contributed by atoms with Gasteiger partial charge < -0.3 is 14.5 Å². The number of amides is 1. The second-order valence-corrected chi connectivity index (χ2v) is 8.51. The van der Waals surface area contributed by atoms with Gasteiger partial charge in [0.05, 0.1) is 11.9 Å². The molecular weight excluding hydrogens is 400 g/mol. The van der Waals surface area contributed by atoms with Gasteiger partial charge in [-0.2, -0.15) is 0 Å². The predicted octanol–water partition coefficient (Wildman–Crippen LogP) is 4.76. The second-order valence-electron chi connectivity index (χ2n) is 8.51. The zero-order valence-corrected chi connectivity index (χ0v) is 17.9. The Morgan fingerprint density at radius 3 is 2.58 bits per heavy atom. The van der Waals surface area contributed by atoms with Gasteiger partial charge in [-0.25, -0.2) is 8.78 Å². The fraction of sp³-hybridized carbons (Fsp3) is 0.500. The number of para-hydroxylation sites is 1. The first kappa shape index (κ1) is 21.5. The Hall–Kier alpha value is -2.70. The smallest absolute Gasteiger partial charge is 0.280 e. The molecule has 5 nitrogen and oxygen atoms in total. The van der Waals surface area contributed by atoms with Gasteiger partial charge in [0.25, 0.3) is 12.3 Å². The second kappa shape index (κ2) is 9.20. The maximum absolute atomic E-state index is 13.1. The third-order valence-corrected chi connectivity index (χ3v) is 6.62. The van der Waals surface area contributed by atoms with Crippen molar-refractivity contribution in [3.8, 4) is 5.75 Å². The molecule has 1 atom stereocenters. The van der Waals surface area contributed by atoms with Gasteiger partial charge in [-0.15, -0.1) is 0 Å². The van der Waals surface area contributed by atoms with Crippen molar-refractivity contribution >= 4 is 11.6 Å². The molecule has 7 heteroatoms. The SMILES string of the molecule is Cc1ccccc1OCC(=O)N1CCC[C@]12CCCN(c1ccc(C(F)F)nc1)CC2. The van der Waals surface area contributed by atoms with Crippen LogP contribution in [0.5, 0.6) is 5.75 Å². The van der Waals surface area contributed by atoms with Crippen LogP contribution in [0.15, 0.2) is 42.6 Å². The molecule has 0 radical (unpaired) electrons. The van der Waals surface area contributed by atoms with E-state index in [1.165, 1.54) is 12.3 Å². The summed E-state index contributed by atoms with van der Waals surface area (Å²) in [5.41, 5.74) is 1.54. The first-order valence-electron chi connectivity index (χ1n) is 11.0. The van der Waals surface area contributed by atoms with Gasteiger partial charge in [-0.1, -0.05) is 18.2 Å². The van der Waals surface area contributed by atoms with Gasteiger partial charge in [0.1, 0.15) is 11.4 Å². The third kappa shape index (κ3) is 4.65. The molecule has 3 heterocycles. The molecule has 0 N–H and O–H groups in total. The van der Waals surface area contributed by atoms with Crippen molar-refractivity contribution in [2.45, 2.75) is 51.0 Å². The highest BCUT2D eigenvalue weighted by atomic mass is 19.3. The Labute approximate surface area is 182 Å². The Morgan fingerprint density at radius 2 is 1.87 bits per heavy atom. The fourth-order valence-electron chi connectivity index (χ4n) is 4.93. The average molecular weight is 430 g/mol. The minimum Gasteiger partial charge on any atom is -0.484 e. The molecule has 0 unspecified atom stereocenters. The van der Waals surface area contributed by atoms with E-state index in [1.807, 2.05) is 36.1 Å². The molecule has 1 spiro atoms. The Kier molecular flexibility index (Phi) is 6.39. The van der Waals surface area contributed by atoms with Crippen molar-refractivity contribution in [3.63, 3.8) is 0 Å². The largest absolute Gasteiger partial charge is 0.484 e. The standard InChI is InChI=1S/C24H29F2N3O2/c1-18-6-2-3-7-21(18)31-17-22(30)29-14-5-11-24(29)10-4-13-28(15-12-24)19-8-9-20(23(25)26)27-16-19/h2-3,6-9,16,23H,4-5,10-15,17H2,1H3/t24-/m0/s1. The van der Waals surface area contributed by atoms with Crippen LogP contribution in [0, 0.1) is 6.92 Å². The molecule has 31 heavy (non-hydrogen) atoms. The van der Waals surface area contributed by atoms with Crippen LogP contribution in [0.2, 0.25) is 0 Å². The van der Waals surface area contributed by atoms with Gasteiger partial charge in [-0.3, -0.25) is 9.78 Å². The van der Waals surface area contributed by atoms with Crippen molar-refractivity contribution in [2.24, 2.45) is 0 Å². The highest BCUT2D eigenvalue weighted by Crippen LogP contribution is 2.39. The maximum atomic E-state index is 13.1. The Balaban J connectivity index is 1.41. The summed E-state index contributed by atoms with van der Waals surface area (Å²) in [6, 6.07) is 10.8. The zero-order chi connectivity index (χ0) is 21.8. The lowest BCUT2D eigenvalue weighted by atomic mass is 9.87. The maximum Gasteiger partial charge on any atom is 0.280 e. The number of hydrogen-bond donors (Lipinski definition) is 0. The summed E-state index contributed by atoms with van der Waals surface area (Å²) >= 11 is 0. The Morgan fingerprint density at radius 1 is 1.10 bits per heavy atom. The lowest BCUT2D eigenvalue weighted by Gasteiger charge is -2.38. The molecule has 0 aliphatic carbocycles. The molecule has 4 rings (SSSR count). The number of carbonyl (C=O) groups excluding carboxylic acids is 1. The summed E-state index contributed by atoms with van der Waals surface area (Å²) in [5.74, 6) is 0.785. The van der Waals surface area contributed by atoms with Crippen LogP contribution in [0.4, 0.5) is 14.5 Å². The van der Waals surface area contributed by atoms with E-state index in [0.29, 0.717) is 0 Å². The van der Waals surface area contributed by atoms with Gasteiger partial charge in [0.15, 0.2) is 6.61 Å². The van der Waals surface area contributed by atoms with Gasteiger partial charge >= 0.3 is 0 Å². The van der Waals surface area contributed by atoms with Crippen LogP contribution in [0.25, 0.3) is 0 Å². The number of hydrogen-bond acceptors (Lipinski definition) is 4. The van der Waals surface area contributed by atoms with Crippen molar-refractivity contribution in [1.82, 2.24) is 9.88 Å². The third-order valence-electron chi connectivity index (χ3n) is 6.62. The van der Waals surface area contributed by atoms with Crippen LogP contribution >= 0.6 is 0 Å². The molecule has 0 saturated carbocycles. The van der Waals surface area contributed by atoms with Crippen molar-refractivity contribution < 1.29 is 18.3 Å². The molecule has 2 aromatic rings. The van der Waals surface area contributed by atoms with Crippen LogP contribution in [-0.2, 0) is 4.79 Å². The number of carbonyl (C=O) groups is 1. The van der Waals surface area contributed by atoms with E-state index in [1.54, 1.807) is 6.07 Å². The number of alkyl halides is 2. The highest BCUT2D eigenvalue weighted by molar-refractivity contribution is 5.79. The van der Waals surface area contributed by atoms with Crippen LogP contribution in [0.3, 0.4) is 0 Å². The minimum absolute atomic E-state index is 0.0390. The number of rotatable bonds is 5. The zero-order valence-electron chi connectivity index (χ0n) is 17.9. The minimum atomic E-state index is -2.55. The van der Waals surface area contributed by atoms with E-state index in [-0.39, 0.29) is 23.7 Å². The lowest BCUT2D eigenvalue weighted by Crippen LogP contribution is -2.49. The number of aromatic nitrogens is 1. The van der Waals surface area contributed by atoms with Crippen molar-refractivity contribution in [1.29, 1.82) is 0 Å². The number of nitrogens with zero attached hydrogens (tertiary/aromatic N) is 3. The predicted molar refractivity (Wildman–Crippen MR) is 116 cm³/mol. The lowest BCUT2D eigenvalue weighted by molar-refractivity contribution is -0.138. The first-order chi connectivity index (χ1) is 15.0. The number of ether oxygens (including phenoxy) is 1. The van der Waals surface area contributed by atoms with E-state index in [2.05, 4.69) is 9.88 Å². The van der Waals surface area contributed by atoms with Gasteiger partial charge in [0.2, 0.25) is 0 Å². The molecule has 1 aromatic heterocycles. The summed E-state index contributed by atoms with van der Waals surface area (Å²) in [7, 11) is 0. The number of benzene rings is 1.